The molecule has 124 valence electrons. The number of carbonyl (C=O) groups is 1. The van der Waals surface area contributed by atoms with Crippen LogP contribution in [-0.4, -0.2) is 21.6 Å². The summed E-state index contributed by atoms with van der Waals surface area (Å²) in [5, 5.41) is 28.2. The topological polar surface area (TPSA) is 77.8 Å². The summed E-state index contributed by atoms with van der Waals surface area (Å²) in [6, 6.07) is 9.75. The molecular weight excluding hydrogens is 428 g/mol. The fourth-order valence-corrected chi connectivity index (χ4v) is 2.50. The van der Waals surface area contributed by atoms with E-state index < -0.39 is 6.10 Å². The molecule has 0 spiro atoms. The van der Waals surface area contributed by atoms with E-state index in [1.54, 1.807) is 30.3 Å². The summed E-state index contributed by atoms with van der Waals surface area (Å²) in [4.78, 5) is 10.2. The van der Waals surface area contributed by atoms with Crippen molar-refractivity contribution in [1.29, 1.82) is 0 Å². The van der Waals surface area contributed by atoms with Crippen LogP contribution in [0.3, 0.4) is 0 Å². The number of phenolic OH excluding ortho intramolecular Hbond substituents is 2. The number of hydrogen-bond acceptors (Lipinski definition) is 4. The highest BCUT2D eigenvalue weighted by molar-refractivity contribution is 9.10. The van der Waals surface area contributed by atoms with E-state index in [1.807, 2.05) is 13.8 Å². The minimum Gasteiger partial charge on any atom is -0.508 e. The first-order chi connectivity index (χ1) is 10.8. The van der Waals surface area contributed by atoms with Crippen LogP contribution in [0.1, 0.15) is 35.9 Å². The van der Waals surface area contributed by atoms with Gasteiger partial charge in [-0.2, -0.15) is 0 Å². The van der Waals surface area contributed by atoms with Gasteiger partial charge in [0.15, 0.2) is 6.29 Å². The number of aromatic hydroxyl groups is 2. The molecule has 0 bridgehead atoms. The van der Waals surface area contributed by atoms with Crippen molar-refractivity contribution < 1.29 is 20.1 Å². The van der Waals surface area contributed by atoms with Gasteiger partial charge in [-0.3, -0.25) is 4.79 Å². The predicted octanol–water partition coefficient (Wildman–Crippen LogP) is 4.81. The SMILES string of the molecule is CC(C)C(O)c1cc(Br)ccc1O.O=Cc1cc(Br)ccc1O. The molecule has 0 aromatic heterocycles. The lowest BCUT2D eigenvalue weighted by atomic mass is 9.98. The number of aliphatic hydroxyl groups excluding tert-OH is 1. The third kappa shape index (κ3) is 5.97. The van der Waals surface area contributed by atoms with Crippen molar-refractivity contribution in [1.82, 2.24) is 0 Å². The number of phenols is 2. The molecule has 0 aliphatic heterocycles. The quantitative estimate of drug-likeness (QED) is 0.592. The highest BCUT2D eigenvalue weighted by Crippen LogP contribution is 2.31. The Morgan fingerprint density at radius 1 is 0.957 bits per heavy atom. The van der Waals surface area contributed by atoms with Gasteiger partial charge in [-0.1, -0.05) is 45.7 Å². The molecular formula is C17H18Br2O4. The van der Waals surface area contributed by atoms with Gasteiger partial charge in [-0.25, -0.2) is 0 Å². The van der Waals surface area contributed by atoms with Gasteiger partial charge in [-0.15, -0.1) is 0 Å². The van der Waals surface area contributed by atoms with Crippen LogP contribution in [0.15, 0.2) is 45.3 Å². The van der Waals surface area contributed by atoms with Crippen molar-refractivity contribution in [2.24, 2.45) is 5.92 Å². The van der Waals surface area contributed by atoms with Crippen LogP contribution < -0.4 is 0 Å². The van der Waals surface area contributed by atoms with Crippen LogP contribution in [-0.2, 0) is 0 Å². The minimum atomic E-state index is -0.613. The van der Waals surface area contributed by atoms with Crippen molar-refractivity contribution in [2.75, 3.05) is 0 Å². The van der Waals surface area contributed by atoms with Crippen molar-refractivity contribution in [3.8, 4) is 11.5 Å². The molecule has 2 rings (SSSR count). The highest BCUT2D eigenvalue weighted by atomic mass is 79.9. The first kappa shape index (κ1) is 19.7. The summed E-state index contributed by atoms with van der Waals surface area (Å²) in [6.45, 7) is 3.82. The van der Waals surface area contributed by atoms with Gasteiger partial charge in [0.05, 0.1) is 11.7 Å². The van der Waals surface area contributed by atoms with Crippen molar-refractivity contribution >= 4 is 38.1 Å². The molecule has 3 N–H and O–H groups in total. The standard InChI is InChI=1S/C10H13BrO2.C7H5BrO2/c1-6(2)10(13)8-5-7(11)3-4-9(8)12;8-6-1-2-7(10)5(3-6)4-9/h3-6,10,12-13H,1-2H3;1-4,10H. The van der Waals surface area contributed by atoms with Gasteiger partial charge >= 0.3 is 0 Å². The lowest BCUT2D eigenvalue weighted by Crippen LogP contribution is -2.05. The summed E-state index contributed by atoms with van der Waals surface area (Å²) < 4.78 is 1.65. The molecule has 0 radical (unpaired) electrons. The largest absolute Gasteiger partial charge is 0.508 e. The van der Waals surface area contributed by atoms with Crippen molar-refractivity contribution in [3.63, 3.8) is 0 Å². The molecule has 1 unspecified atom stereocenters. The zero-order valence-corrected chi connectivity index (χ0v) is 15.9. The van der Waals surface area contributed by atoms with Crippen LogP contribution in [0.25, 0.3) is 0 Å². The third-order valence-electron chi connectivity index (χ3n) is 3.06. The first-order valence-electron chi connectivity index (χ1n) is 6.86. The highest BCUT2D eigenvalue weighted by Gasteiger charge is 2.15. The van der Waals surface area contributed by atoms with E-state index in [1.165, 1.54) is 6.07 Å². The van der Waals surface area contributed by atoms with Gasteiger partial charge in [0.25, 0.3) is 0 Å². The van der Waals surface area contributed by atoms with Crippen LogP contribution in [0.4, 0.5) is 0 Å². The van der Waals surface area contributed by atoms with Crippen LogP contribution in [0.5, 0.6) is 11.5 Å². The Morgan fingerprint density at radius 3 is 1.96 bits per heavy atom. The molecule has 0 aliphatic rings. The van der Waals surface area contributed by atoms with E-state index in [2.05, 4.69) is 31.9 Å². The summed E-state index contributed by atoms with van der Waals surface area (Å²) >= 11 is 6.46. The molecule has 4 nitrogen and oxygen atoms in total. The van der Waals surface area contributed by atoms with E-state index >= 15 is 0 Å². The Labute approximate surface area is 152 Å². The minimum absolute atomic E-state index is 0.0122. The van der Waals surface area contributed by atoms with Gasteiger partial charge < -0.3 is 15.3 Å². The summed E-state index contributed by atoms with van der Waals surface area (Å²) in [7, 11) is 0. The van der Waals surface area contributed by atoms with Crippen LogP contribution in [0.2, 0.25) is 0 Å². The van der Waals surface area contributed by atoms with E-state index in [0.717, 1.165) is 8.95 Å². The third-order valence-corrected chi connectivity index (χ3v) is 4.04. The van der Waals surface area contributed by atoms with Gasteiger partial charge in [0.1, 0.15) is 11.5 Å². The van der Waals surface area contributed by atoms with E-state index in [4.69, 9.17) is 5.11 Å². The molecule has 0 heterocycles. The smallest absolute Gasteiger partial charge is 0.153 e. The Kier molecular flexibility index (Phi) is 7.75. The monoisotopic (exact) mass is 444 g/mol. The van der Waals surface area contributed by atoms with Gasteiger partial charge in [0.2, 0.25) is 0 Å². The van der Waals surface area contributed by atoms with Crippen molar-refractivity contribution in [2.45, 2.75) is 20.0 Å². The maximum absolute atomic E-state index is 10.2. The fourth-order valence-electron chi connectivity index (χ4n) is 1.74. The Morgan fingerprint density at radius 2 is 1.48 bits per heavy atom. The van der Waals surface area contributed by atoms with Crippen LogP contribution >= 0.6 is 31.9 Å². The number of carbonyl (C=O) groups excluding carboxylic acids is 1. The number of benzene rings is 2. The molecule has 0 fully saturated rings. The molecule has 0 saturated heterocycles. The second-order valence-corrected chi connectivity index (χ2v) is 7.04. The number of aliphatic hydroxyl groups is 1. The van der Waals surface area contributed by atoms with Crippen molar-refractivity contribution in [3.05, 3.63) is 56.5 Å². The maximum Gasteiger partial charge on any atom is 0.153 e. The molecule has 6 heteroatoms. The zero-order valence-electron chi connectivity index (χ0n) is 12.7. The zero-order chi connectivity index (χ0) is 17.6. The number of rotatable bonds is 3. The average Bonchev–Trinajstić information content (AvgIpc) is 2.52. The molecule has 1 atom stereocenters. The Balaban J connectivity index is 0.000000238. The average molecular weight is 446 g/mol. The number of halogens is 2. The van der Waals surface area contributed by atoms with Gasteiger partial charge in [-0.05, 0) is 42.3 Å². The predicted molar refractivity (Wildman–Crippen MR) is 96.8 cm³/mol. The maximum atomic E-state index is 10.2. The van der Waals surface area contributed by atoms with E-state index in [0.29, 0.717) is 17.4 Å². The Hall–Kier alpha value is -1.37. The second kappa shape index (κ2) is 9.05. The molecule has 0 saturated carbocycles. The Bertz CT molecular complexity index is 672. The molecule has 2 aromatic rings. The first-order valence-corrected chi connectivity index (χ1v) is 8.45. The van der Waals surface area contributed by atoms with Crippen LogP contribution in [0, 0.1) is 5.92 Å². The van der Waals surface area contributed by atoms with E-state index in [-0.39, 0.29) is 17.4 Å². The second-order valence-electron chi connectivity index (χ2n) is 5.21. The number of hydrogen-bond donors (Lipinski definition) is 3. The van der Waals surface area contributed by atoms with Gasteiger partial charge in [0, 0.05) is 14.5 Å². The summed E-state index contributed by atoms with van der Waals surface area (Å²) in [5.41, 5.74) is 0.874. The fraction of sp³-hybridized carbons (Fsp3) is 0.235. The summed E-state index contributed by atoms with van der Waals surface area (Å²) in [5.74, 6) is 0.253. The normalized spacial score (nSPS) is 11.6. The molecule has 23 heavy (non-hydrogen) atoms. The van der Waals surface area contributed by atoms with E-state index in [9.17, 15) is 15.0 Å². The molecule has 2 aromatic carbocycles. The summed E-state index contributed by atoms with van der Waals surface area (Å²) in [6.07, 6.45) is -0.00222. The molecule has 0 amide bonds. The molecule has 0 aliphatic carbocycles. The lowest BCUT2D eigenvalue weighted by molar-refractivity contribution is 0.112. The lowest BCUT2D eigenvalue weighted by Gasteiger charge is -2.16. The number of aldehydes is 1.